The lowest BCUT2D eigenvalue weighted by molar-refractivity contribution is 0.0996. The molecule has 1 aromatic carbocycles. The van der Waals surface area contributed by atoms with Crippen LogP contribution in [0.25, 0.3) is 0 Å². The van der Waals surface area contributed by atoms with Gasteiger partial charge >= 0.3 is 0 Å². The van der Waals surface area contributed by atoms with Gasteiger partial charge in [-0.2, -0.15) is 0 Å². The molecule has 0 radical (unpaired) electrons. The molecule has 0 aliphatic heterocycles. The van der Waals surface area contributed by atoms with Crippen LogP contribution in [0.2, 0.25) is 0 Å². The molecule has 0 spiro atoms. The molecular formula is C20H24IN5O2. The van der Waals surface area contributed by atoms with Crippen LogP contribution < -0.4 is 16.0 Å². The smallest absolute Gasteiger partial charge is 0.291 e. The fourth-order valence-corrected chi connectivity index (χ4v) is 2.59. The number of nitrogens with one attached hydrogen (secondary N) is 3. The molecule has 28 heavy (non-hydrogen) atoms. The number of rotatable bonds is 7. The summed E-state index contributed by atoms with van der Waals surface area (Å²) in [6.45, 7) is 2.23. The van der Waals surface area contributed by atoms with Crippen LogP contribution in [0.3, 0.4) is 0 Å². The molecule has 0 fully saturated rings. The summed E-state index contributed by atoms with van der Waals surface area (Å²) in [7, 11) is 1.74. The molecule has 3 N–H and O–H groups in total. The van der Waals surface area contributed by atoms with Crippen LogP contribution in [0.15, 0.2) is 76.6 Å². The van der Waals surface area contributed by atoms with Gasteiger partial charge in [0.25, 0.3) is 5.91 Å². The molecule has 1 amide bonds. The Hall–Kier alpha value is -2.75. The van der Waals surface area contributed by atoms with Gasteiger partial charge in [0.05, 0.1) is 6.26 Å². The fourth-order valence-electron chi connectivity index (χ4n) is 2.59. The lowest BCUT2D eigenvalue weighted by atomic mass is 10.2. The van der Waals surface area contributed by atoms with Crippen molar-refractivity contribution in [1.29, 1.82) is 0 Å². The van der Waals surface area contributed by atoms with E-state index < -0.39 is 0 Å². The molecule has 0 aliphatic rings. The third kappa shape index (κ3) is 6.45. The van der Waals surface area contributed by atoms with Gasteiger partial charge in [0, 0.05) is 44.8 Å². The maximum absolute atomic E-state index is 12.1. The summed E-state index contributed by atoms with van der Waals surface area (Å²) >= 11 is 0. The first-order valence-electron chi connectivity index (χ1n) is 8.73. The lowest BCUT2D eigenvalue weighted by Crippen LogP contribution is -2.38. The number of furan rings is 1. The molecule has 0 atom stereocenters. The van der Waals surface area contributed by atoms with Gasteiger partial charge in [-0.15, -0.1) is 24.0 Å². The summed E-state index contributed by atoms with van der Waals surface area (Å²) in [6, 6.07) is 15.0. The zero-order valence-electron chi connectivity index (χ0n) is 15.6. The van der Waals surface area contributed by atoms with Gasteiger partial charge in [-0.3, -0.25) is 9.79 Å². The number of carbonyl (C=O) groups excluding carboxylic acids is 1. The molecule has 0 saturated carbocycles. The van der Waals surface area contributed by atoms with E-state index in [4.69, 9.17) is 4.42 Å². The molecule has 2 heterocycles. The predicted octanol–water partition coefficient (Wildman–Crippen LogP) is 3.32. The summed E-state index contributed by atoms with van der Waals surface area (Å²) in [6.07, 6.45) is 5.53. The standard InChI is InChI=1S/C20H23N5O2.HI/c1-21-20(22-9-12-25-10-2-3-11-25)23-15-16-6-4-7-17(14-16)24-19(26)18-8-5-13-27-18;/h2-8,10-11,13-14H,9,12,15H2,1H3,(H,24,26)(H2,21,22,23);1H. The van der Waals surface area contributed by atoms with Crippen molar-refractivity contribution in [3.8, 4) is 0 Å². The summed E-state index contributed by atoms with van der Waals surface area (Å²) in [5.41, 5.74) is 1.74. The monoisotopic (exact) mass is 493 g/mol. The van der Waals surface area contributed by atoms with Crippen LogP contribution in [-0.2, 0) is 13.1 Å². The summed E-state index contributed by atoms with van der Waals surface area (Å²) in [5, 5.41) is 9.38. The van der Waals surface area contributed by atoms with E-state index in [-0.39, 0.29) is 35.6 Å². The van der Waals surface area contributed by atoms with Gasteiger partial charge in [0.2, 0.25) is 0 Å². The number of nitrogens with zero attached hydrogens (tertiary/aromatic N) is 2. The van der Waals surface area contributed by atoms with E-state index in [0.717, 1.165) is 24.6 Å². The van der Waals surface area contributed by atoms with E-state index in [0.29, 0.717) is 12.2 Å². The largest absolute Gasteiger partial charge is 0.459 e. The van der Waals surface area contributed by atoms with Crippen LogP contribution in [0, 0.1) is 0 Å². The van der Waals surface area contributed by atoms with Crippen LogP contribution >= 0.6 is 24.0 Å². The zero-order valence-corrected chi connectivity index (χ0v) is 17.9. The molecule has 0 aliphatic carbocycles. The van der Waals surface area contributed by atoms with Gasteiger partial charge in [-0.1, -0.05) is 12.1 Å². The first-order chi connectivity index (χ1) is 13.2. The summed E-state index contributed by atoms with van der Waals surface area (Å²) in [4.78, 5) is 16.3. The molecule has 7 nitrogen and oxygen atoms in total. The second-order valence-corrected chi connectivity index (χ2v) is 5.91. The van der Waals surface area contributed by atoms with Gasteiger partial charge in [-0.25, -0.2) is 0 Å². The molecule has 3 rings (SSSR count). The van der Waals surface area contributed by atoms with Crippen LogP contribution in [0.4, 0.5) is 5.69 Å². The molecular weight excluding hydrogens is 469 g/mol. The van der Waals surface area contributed by atoms with Crippen molar-refractivity contribution in [2.45, 2.75) is 13.1 Å². The topological polar surface area (TPSA) is 83.6 Å². The van der Waals surface area contributed by atoms with E-state index in [1.807, 2.05) is 48.8 Å². The second-order valence-electron chi connectivity index (χ2n) is 5.91. The Morgan fingerprint density at radius 1 is 1.11 bits per heavy atom. The Labute approximate surface area is 181 Å². The van der Waals surface area contributed by atoms with Crippen molar-refractivity contribution in [2.24, 2.45) is 4.99 Å². The SMILES string of the molecule is CN=C(NCCn1cccc1)NCc1cccc(NC(=O)c2ccco2)c1.I. The quantitative estimate of drug-likeness (QED) is 0.268. The van der Waals surface area contributed by atoms with E-state index >= 15 is 0 Å². The molecule has 0 saturated heterocycles. The van der Waals surface area contributed by atoms with E-state index in [1.54, 1.807) is 19.2 Å². The third-order valence-corrected chi connectivity index (χ3v) is 3.94. The Bertz CT molecular complexity index is 876. The molecule has 2 aromatic heterocycles. The van der Waals surface area contributed by atoms with Gasteiger partial charge < -0.3 is 24.9 Å². The van der Waals surface area contributed by atoms with Gasteiger partial charge in [0.15, 0.2) is 11.7 Å². The molecule has 3 aromatic rings. The Balaban J connectivity index is 0.00000280. The number of guanidine groups is 1. The third-order valence-electron chi connectivity index (χ3n) is 3.94. The highest BCUT2D eigenvalue weighted by molar-refractivity contribution is 14.0. The van der Waals surface area contributed by atoms with Crippen LogP contribution in [0.1, 0.15) is 16.1 Å². The number of hydrogen-bond acceptors (Lipinski definition) is 3. The molecule has 0 bridgehead atoms. The normalized spacial score (nSPS) is 10.8. The Morgan fingerprint density at radius 2 is 1.93 bits per heavy atom. The average Bonchev–Trinajstić information content (AvgIpc) is 3.38. The molecule has 8 heteroatoms. The predicted molar refractivity (Wildman–Crippen MR) is 121 cm³/mol. The number of anilines is 1. The van der Waals surface area contributed by atoms with Crippen molar-refractivity contribution in [2.75, 3.05) is 18.9 Å². The number of halogens is 1. The zero-order chi connectivity index (χ0) is 18.9. The van der Waals surface area contributed by atoms with Crippen LogP contribution in [-0.4, -0.2) is 30.0 Å². The highest BCUT2D eigenvalue weighted by atomic mass is 127. The van der Waals surface area contributed by atoms with E-state index in [9.17, 15) is 4.79 Å². The fraction of sp³-hybridized carbons (Fsp3) is 0.200. The highest BCUT2D eigenvalue weighted by Crippen LogP contribution is 2.12. The number of benzene rings is 1. The van der Waals surface area contributed by atoms with Crippen molar-refractivity contribution in [3.05, 3.63) is 78.5 Å². The first-order valence-corrected chi connectivity index (χ1v) is 8.73. The highest BCUT2D eigenvalue weighted by Gasteiger charge is 2.08. The van der Waals surface area contributed by atoms with Crippen molar-refractivity contribution < 1.29 is 9.21 Å². The minimum absolute atomic E-state index is 0. The summed E-state index contributed by atoms with van der Waals surface area (Å²) < 4.78 is 7.21. The summed E-state index contributed by atoms with van der Waals surface area (Å²) in [5.74, 6) is 0.741. The van der Waals surface area contributed by atoms with Gasteiger partial charge in [0.1, 0.15) is 0 Å². The minimum atomic E-state index is -0.271. The van der Waals surface area contributed by atoms with Gasteiger partial charge in [-0.05, 0) is 42.0 Å². The number of aliphatic imine (C=N–C) groups is 1. The van der Waals surface area contributed by atoms with Crippen LogP contribution in [0.5, 0.6) is 0 Å². The van der Waals surface area contributed by atoms with Crippen molar-refractivity contribution in [1.82, 2.24) is 15.2 Å². The number of aromatic nitrogens is 1. The number of amides is 1. The minimum Gasteiger partial charge on any atom is -0.459 e. The Kier molecular flexibility index (Phi) is 8.60. The first kappa shape index (κ1) is 21.5. The Morgan fingerprint density at radius 3 is 2.64 bits per heavy atom. The maximum atomic E-state index is 12.1. The van der Waals surface area contributed by atoms with Crippen molar-refractivity contribution >= 4 is 41.5 Å². The van der Waals surface area contributed by atoms with Crippen molar-refractivity contribution in [3.63, 3.8) is 0 Å². The van der Waals surface area contributed by atoms with E-state index in [2.05, 4.69) is 25.5 Å². The number of carbonyl (C=O) groups is 1. The second kappa shape index (κ2) is 11.2. The maximum Gasteiger partial charge on any atom is 0.291 e. The molecule has 148 valence electrons. The number of hydrogen-bond donors (Lipinski definition) is 3. The van der Waals surface area contributed by atoms with E-state index in [1.165, 1.54) is 6.26 Å². The average molecular weight is 493 g/mol. The lowest BCUT2D eigenvalue weighted by Gasteiger charge is -2.13. The molecule has 0 unspecified atom stereocenters.